The van der Waals surface area contributed by atoms with E-state index in [1.165, 1.54) is 21.5 Å². The van der Waals surface area contributed by atoms with Gasteiger partial charge < -0.3 is 4.90 Å². The van der Waals surface area contributed by atoms with Gasteiger partial charge in [-0.25, -0.2) is 12.8 Å². The van der Waals surface area contributed by atoms with Gasteiger partial charge >= 0.3 is 0 Å². The van der Waals surface area contributed by atoms with Gasteiger partial charge in [0.2, 0.25) is 10.0 Å². The standard InChI is InChI=1S/C20H21FN2O3S/c1-27(25,26)23-12-4-7-15-13-16(9-10-18(15)23)20(24)22-11-3-6-14-5-2-8-17(21)19(14)22/h2,5,8-10,13H,3-4,6-7,11-12H2,1H3. The number of benzene rings is 2. The molecule has 0 fully saturated rings. The third-order valence-electron chi connectivity index (χ3n) is 5.22. The van der Waals surface area contributed by atoms with Crippen molar-refractivity contribution in [2.75, 3.05) is 28.6 Å². The van der Waals surface area contributed by atoms with E-state index in [2.05, 4.69) is 0 Å². The van der Waals surface area contributed by atoms with Crippen molar-refractivity contribution < 1.29 is 17.6 Å². The predicted octanol–water partition coefficient (Wildman–Crippen LogP) is 3.13. The Balaban J connectivity index is 1.71. The minimum atomic E-state index is -3.35. The third kappa shape index (κ3) is 3.20. The summed E-state index contributed by atoms with van der Waals surface area (Å²) in [5, 5.41) is 0. The number of anilines is 2. The Labute approximate surface area is 158 Å². The Hall–Kier alpha value is -2.41. The van der Waals surface area contributed by atoms with Crippen molar-refractivity contribution in [2.45, 2.75) is 25.7 Å². The first-order valence-corrected chi connectivity index (χ1v) is 10.9. The fourth-order valence-corrected chi connectivity index (χ4v) is 5.00. The monoisotopic (exact) mass is 388 g/mol. The molecule has 2 aliphatic rings. The highest BCUT2D eigenvalue weighted by Crippen LogP contribution is 2.33. The number of carbonyl (C=O) groups excluding carboxylic acids is 1. The molecule has 0 N–H and O–H groups in total. The van der Waals surface area contributed by atoms with Crippen molar-refractivity contribution in [3.8, 4) is 0 Å². The van der Waals surface area contributed by atoms with Crippen LogP contribution in [0.15, 0.2) is 36.4 Å². The van der Waals surface area contributed by atoms with Crippen LogP contribution in [0.25, 0.3) is 0 Å². The lowest BCUT2D eigenvalue weighted by Gasteiger charge is -2.31. The summed E-state index contributed by atoms with van der Waals surface area (Å²) in [6, 6.07) is 9.98. The van der Waals surface area contributed by atoms with Crippen LogP contribution in [0, 0.1) is 5.82 Å². The minimum Gasteiger partial charge on any atom is -0.305 e. The average molecular weight is 388 g/mol. The Morgan fingerprint density at radius 2 is 1.78 bits per heavy atom. The van der Waals surface area contributed by atoms with Gasteiger partial charge in [-0.05, 0) is 61.1 Å². The van der Waals surface area contributed by atoms with Crippen LogP contribution in [0.5, 0.6) is 0 Å². The van der Waals surface area contributed by atoms with E-state index in [9.17, 15) is 17.6 Å². The van der Waals surface area contributed by atoms with Gasteiger partial charge in [-0.15, -0.1) is 0 Å². The summed E-state index contributed by atoms with van der Waals surface area (Å²) >= 11 is 0. The van der Waals surface area contributed by atoms with E-state index in [0.717, 1.165) is 24.0 Å². The largest absolute Gasteiger partial charge is 0.305 e. The molecule has 4 rings (SSSR count). The topological polar surface area (TPSA) is 57.7 Å². The molecule has 7 heteroatoms. The van der Waals surface area contributed by atoms with E-state index < -0.39 is 10.0 Å². The van der Waals surface area contributed by atoms with Gasteiger partial charge in [-0.2, -0.15) is 0 Å². The summed E-state index contributed by atoms with van der Waals surface area (Å²) < 4.78 is 39.8. The molecule has 0 bridgehead atoms. The number of rotatable bonds is 2. The number of nitrogens with zero attached hydrogens (tertiary/aromatic N) is 2. The van der Waals surface area contributed by atoms with E-state index in [-0.39, 0.29) is 11.7 Å². The second-order valence-corrected chi connectivity index (χ2v) is 9.00. The van der Waals surface area contributed by atoms with Crippen molar-refractivity contribution in [1.29, 1.82) is 0 Å². The molecule has 2 aromatic carbocycles. The Bertz CT molecular complexity index is 1020. The molecule has 0 atom stereocenters. The van der Waals surface area contributed by atoms with Gasteiger partial charge in [0.15, 0.2) is 0 Å². The van der Waals surface area contributed by atoms with E-state index in [1.807, 2.05) is 6.07 Å². The SMILES string of the molecule is CS(=O)(=O)N1CCCc2cc(C(=O)N3CCCc4cccc(F)c43)ccc21. The summed E-state index contributed by atoms with van der Waals surface area (Å²) in [6.07, 6.45) is 4.15. The predicted molar refractivity (Wildman–Crippen MR) is 103 cm³/mol. The number of carbonyl (C=O) groups is 1. The summed E-state index contributed by atoms with van der Waals surface area (Å²) in [5.74, 6) is -0.637. The minimum absolute atomic E-state index is 0.250. The van der Waals surface area contributed by atoms with Gasteiger partial charge in [0, 0.05) is 18.7 Å². The summed E-state index contributed by atoms with van der Waals surface area (Å²) in [5.41, 5.74) is 3.13. The lowest BCUT2D eigenvalue weighted by atomic mass is 9.98. The normalized spacial score (nSPS) is 16.7. The molecule has 0 saturated heterocycles. The second kappa shape index (κ2) is 6.64. The van der Waals surface area contributed by atoms with E-state index in [4.69, 9.17) is 0 Å². The summed E-state index contributed by atoms with van der Waals surface area (Å²) in [7, 11) is -3.35. The lowest BCUT2D eigenvalue weighted by Crippen LogP contribution is -2.37. The second-order valence-electron chi connectivity index (χ2n) is 7.09. The summed E-state index contributed by atoms with van der Waals surface area (Å²) in [4.78, 5) is 14.6. The Morgan fingerprint density at radius 3 is 2.56 bits per heavy atom. The number of amides is 1. The molecular weight excluding hydrogens is 367 g/mol. The van der Waals surface area contributed by atoms with Crippen LogP contribution in [0.2, 0.25) is 0 Å². The zero-order valence-corrected chi connectivity index (χ0v) is 15.9. The quantitative estimate of drug-likeness (QED) is 0.794. The molecular formula is C20H21FN2O3S. The molecule has 0 unspecified atom stereocenters. The van der Waals surface area contributed by atoms with Crippen LogP contribution in [0.4, 0.5) is 15.8 Å². The van der Waals surface area contributed by atoms with Gasteiger partial charge in [0.1, 0.15) is 5.82 Å². The Kier molecular flexibility index (Phi) is 4.42. The Morgan fingerprint density at radius 1 is 1.04 bits per heavy atom. The van der Waals surface area contributed by atoms with Crippen molar-refractivity contribution in [1.82, 2.24) is 0 Å². The van der Waals surface area contributed by atoms with Crippen LogP contribution in [-0.2, 0) is 22.9 Å². The molecule has 5 nitrogen and oxygen atoms in total. The fourth-order valence-electron chi connectivity index (χ4n) is 4.00. The molecule has 0 radical (unpaired) electrons. The van der Waals surface area contributed by atoms with Crippen LogP contribution < -0.4 is 9.21 Å². The molecule has 2 heterocycles. The maximum absolute atomic E-state index is 14.4. The van der Waals surface area contributed by atoms with E-state index in [1.54, 1.807) is 24.3 Å². The highest BCUT2D eigenvalue weighted by molar-refractivity contribution is 7.92. The molecule has 142 valence electrons. The molecule has 0 aromatic heterocycles. The molecule has 0 spiro atoms. The van der Waals surface area contributed by atoms with Crippen molar-refractivity contribution in [3.05, 3.63) is 58.9 Å². The molecule has 2 aliphatic heterocycles. The number of fused-ring (bicyclic) bond motifs is 2. The molecule has 2 aromatic rings. The highest BCUT2D eigenvalue weighted by Gasteiger charge is 2.29. The lowest BCUT2D eigenvalue weighted by molar-refractivity contribution is 0.0984. The molecule has 0 saturated carbocycles. The van der Waals surface area contributed by atoms with Crippen molar-refractivity contribution >= 4 is 27.3 Å². The van der Waals surface area contributed by atoms with Gasteiger partial charge in [-0.1, -0.05) is 12.1 Å². The first kappa shape index (κ1) is 18.0. The number of halogens is 1. The number of hydrogen-bond acceptors (Lipinski definition) is 3. The number of aryl methyl sites for hydroxylation is 2. The first-order chi connectivity index (χ1) is 12.9. The van der Waals surface area contributed by atoms with Gasteiger partial charge in [0.25, 0.3) is 5.91 Å². The van der Waals surface area contributed by atoms with Crippen LogP contribution in [-0.4, -0.2) is 33.7 Å². The maximum Gasteiger partial charge on any atom is 0.258 e. The number of sulfonamides is 1. The molecule has 0 aliphatic carbocycles. The number of hydrogen-bond donors (Lipinski definition) is 0. The highest BCUT2D eigenvalue weighted by atomic mass is 32.2. The first-order valence-electron chi connectivity index (χ1n) is 9.06. The van der Waals surface area contributed by atoms with Crippen molar-refractivity contribution in [3.63, 3.8) is 0 Å². The van der Waals surface area contributed by atoms with Crippen LogP contribution in [0.1, 0.15) is 34.3 Å². The van der Waals surface area contributed by atoms with Gasteiger partial charge in [-0.3, -0.25) is 9.10 Å². The van der Waals surface area contributed by atoms with E-state index >= 15 is 0 Å². The molecule has 1 amide bonds. The number of para-hydroxylation sites is 1. The van der Waals surface area contributed by atoms with Crippen LogP contribution >= 0.6 is 0 Å². The smallest absolute Gasteiger partial charge is 0.258 e. The zero-order chi connectivity index (χ0) is 19.2. The maximum atomic E-state index is 14.4. The van der Waals surface area contributed by atoms with Gasteiger partial charge in [0.05, 0.1) is 17.6 Å². The van der Waals surface area contributed by atoms with E-state index in [0.29, 0.717) is 42.9 Å². The van der Waals surface area contributed by atoms with Crippen LogP contribution in [0.3, 0.4) is 0 Å². The molecule has 27 heavy (non-hydrogen) atoms. The van der Waals surface area contributed by atoms with Crippen molar-refractivity contribution in [2.24, 2.45) is 0 Å². The zero-order valence-electron chi connectivity index (χ0n) is 15.1. The third-order valence-corrected chi connectivity index (χ3v) is 6.40. The fraction of sp³-hybridized carbons (Fsp3) is 0.350. The average Bonchev–Trinajstić information content (AvgIpc) is 2.65. The summed E-state index contributed by atoms with van der Waals surface area (Å²) in [6.45, 7) is 0.920.